The summed E-state index contributed by atoms with van der Waals surface area (Å²) >= 11 is 1.66. The van der Waals surface area contributed by atoms with Gasteiger partial charge in [-0.2, -0.15) is 0 Å². The highest BCUT2D eigenvalue weighted by atomic mass is 32.1. The second-order valence-corrected chi connectivity index (χ2v) is 7.51. The number of anilines is 1. The van der Waals surface area contributed by atoms with Gasteiger partial charge >= 0.3 is 0 Å². The van der Waals surface area contributed by atoms with Gasteiger partial charge in [0.2, 0.25) is 0 Å². The van der Waals surface area contributed by atoms with Gasteiger partial charge in [0.15, 0.2) is 5.82 Å². The maximum absolute atomic E-state index is 9.45. The van der Waals surface area contributed by atoms with Gasteiger partial charge in [-0.25, -0.2) is 9.97 Å². The molecule has 0 bridgehead atoms. The minimum atomic E-state index is 0.0602. The average Bonchev–Trinajstić information content (AvgIpc) is 3.04. The minimum absolute atomic E-state index is 0.0602. The summed E-state index contributed by atoms with van der Waals surface area (Å²) < 4.78 is 0. The molecule has 4 aromatic rings. The van der Waals surface area contributed by atoms with Gasteiger partial charge in [-0.1, -0.05) is 36.4 Å². The second kappa shape index (κ2) is 7.42. The first-order chi connectivity index (χ1) is 13.2. The van der Waals surface area contributed by atoms with Crippen LogP contribution in [0.1, 0.15) is 4.88 Å². The monoisotopic (exact) mass is 376 g/mol. The fourth-order valence-corrected chi connectivity index (χ4v) is 4.23. The van der Waals surface area contributed by atoms with E-state index in [-0.39, 0.29) is 6.61 Å². The van der Waals surface area contributed by atoms with E-state index >= 15 is 0 Å². The number of benzene rings is 1. The number of hydrogen-bond acceptors (Lipinski definition) is 6. The number of aryl methyl sites for hydroxylation is 1. The zero-order chi connectivity index (χ0) is 18.8. The van der Waals surface area contributed by atoms with Crippen molar-refractivity contribution in [1.29, 1.82) is 0 Å². The van der Waals surface area contributed by atoms with E-state index in [1.807, 2.05) is 48.3 Å². The summed E-state index contributed by atoms with van der Waals surface area (Å²) in [6, 6.07) is 16.0. The zero-order valence-electron chi connectivity index (χ0n) is 15.3. The Bertz CT molecular complexity index is 1060. The lowest BCUT2D eigenvalue weighted by atomic mass is 10.0. The van der Waals surface area contributed by atoms with Crippen molar-refractivity contribution in [2.24, 2.45) is 0 Å². The van der Waals surface area contributed by atoms with E-state index in [4.69, 9.17) is 9.97 Å². The van der Waals surface area contributed by atoms with Gasteiger partial charge in [-0.15, -0.1) is 11.3 Å². The summed E-state index contributed by atoms with van der Waals surface area (Å²) in [6.45, 7) is 2.67. The van der Waals surface area contributed by atoms with Crippen molar-refractivity contribution in [3.63, 3.8) is 0 Å². The van der Waals surface area contributed by atoms with Crippen molar-refractivity contribution in [3.8, 4) is 22.6 Å². The molecule has 3 aromatic heterocycles. The quantitative estimate of drug-likeness (QED) is 0.567. The van der Waals surface area contributed by atoms with Crippen molar-refractivity contribution in [2.75, 3.05) is 25.1 Å². The predicted molar refractivity (Wildman–Crippen MR) is 111 cm³/mol. The zero-order valence-corrected chi connectivity index (χ0v) is 16.1. The molecule has 0 spiro atoms. The third kappa shape index (κ3) is 3.29. The van der Waals surface area contributed by atoms with E-state index in [0.717, 1.165) is 32.9 Å². The van der Waals surface area contributed by atoms with E-state index in [1.54, 1.807) is 17.5 Å². The molecule has 0 aliphatic heterocycles. The maximum atomic E-state index is 9.45. The number of likely N-dealkylation sites (N-methyl/N-ethyl adjacent to an activating group) is 1. The molecule has 3 heterocycles. The Labute approximate surface area is 162 Å². The van der Waals surface area contributed by atoms with Gasteiger partial charge in [0.05, 0.1) is 12.0 Å². The predicted octanol–water partition coefficient (Wildman–Crippen LogP) is 4.16. The van der Waals surface area contributed by atoms with Crippen molar-refractivity contribution in [3.05, 3.63) is 59.6 Å². The molecule has 1 aromatic carbocycles. The van der Waals surface area contributed by atoms with Gasteiger partial charge < -0.3 is 10.0 Å². The molecule has 0 saturated carbocycles. The molecule has 0 saturated heterocycles. The van der Waals surface area contributed by atoms with Crippen molar-refractivity contribution in [1.82, 2.24) is 15.0 Å². The number of thiophene rings is 1. The number of fused-ring (bicyclic) bond motifs is 1. The Hall–Kier alpha value is -2.83. The van der Waals surface area contributed by atoms with Gasteiger partial charge in [0.25, 0.3) is 0 Å². The highest BCUT2D eigenvalue weighted by molar-refractivity contribution is 7.19. The van der Waals surface area contributed by atoms with E-state index in [0.29, 0.717) is 12.4 Å². The number of aliphatic hydroxyl groups excluding tert-OH is 1. The lowest BCUT2D eigenvalue weighted by molar-refractivity contribution is 0.304. The van der Waals surface area contributed by atoms with Gasteiger partial charge in [0.1, 0.15) is 16.3 Å². The SMILES string of the molecule is Cc1sc2nc(-c3ccccn3)nc(N(C)CCO)c2c1-c1ccccc1. The average molecular weight is 376 g/mol. The molecular weight excluding hydrogens is 356 g/mol. The molecule has 136 valence electrons. The molecule has 0 unspecified atom stereocenters. The first-order valence-electron chi connectivity index (χ1n) is 8.79. The molecule has 0 aliphatic rings. The normalized spacial score (nSPS) is 11.1. The van der Waals surface area contributed by atoms with Crippen LogP contribution in [0.2, 0.25) is 0 Å². The van der Waals surface area contributed by atoms with Crippen LogP contribution in [0.4, 0.5) is 5.82 Å². The largest absolute Gasteiger partial charge is 0.395 e. The number of nitrogens with zero attached hydrogens (tertiary/aromatic N) is 4. The third-order valence-corrected chi connectivity index (χ3v) is 5.46. The van der Waals surface area contributed by atoms with Crippen LogP contribution >= 0.6 is 11.3 Å². The maximum Gasteiger partial charge on any atom is 0.181 e. The Morgan fingerprint density at radius 2 is 1.81 bits per heavy atom. The smallest absolute Gasteiger partial charge is 0.181 e. The van der Waals surface area contributed by atoms with Crippen molar-refractivity contribution < 1.29 is 5.11 Å². The number of aliphatic hydroxyl groups is 1. The molecule has 0 aliphatic carbocycles. The summed E-state index contributed by atoms with van der Waals surface area (Å²) in [5.74, 6) is 1.42. The summed E-state index contributed by atoms with van der Waals surface area (Å²) in [5.41, 5.74) is 3.04. The topological polar surface area (TPSA) is 62.1 Å². The number of aromatic nitrogens is 3. The standard InChI is InChI=1S/C21H20N4OS/c1-14-17(15-8-4-3-5-9-15)18-20(25(2)12-13-26)23-19(24-21(18)27-14)16-10-6-7-11-22-16/h3-11,26H,12-13H2,1-2H3. The minimum Gasteiger partial charge on any atom is -0.395 e. The molecular formula is C21H20N4OS. The van der Waals surface area contributed by atoms with E-state index in [2.05, 4.69) is 24.0 Å². The summed E-state index contributed by atoms with van der Waals surface area (Å²) in [5, 5.41) is 10.5. The molecule has 0 amide bonds. The Morgan fingerprint density at radius 1 is 1.04 bits per heavy atom. The summed E-state index contributed by atoms with van der Waals surface area (Å²) in [7, 11) is 1.95. The van der Waals surface area contributed by atoms with Gasteiger partial charge in [-0.05, 0) is 24.6 Å². The van der Waals surface area contributed by atoms with Crippen LogP contribution < -0.4 is 4.90 Å². The van der Waals surface area contributed by atoms with E-state index in [1.165, 1.54) is 4.88 Å². The van der Waals surface area contributed by atoms with Crippen LogP contribution in [0.3, 0.4) is 0 Å². The Morgan fingerprint density at radius 3 is 2.52 bits per heavy atom. The lowest BCUT2D eigenvalue weighted by Gasteiger charge is -2.19. The molecule has 1 N–H and O–H groups in total. The fraction of sp³-hybridized carbons (Fsp3) is 0.190. The number of hydrogen-bond donors (Lipinski definition) is 1. The van der Waals surface area contributed by atoms with Crippen LogP contribution in [0, 0.1) is 6.92 Å². The Kier molecular flexibility index (Phi) is 4.83. The lowest BCUT2D eigenvalue weighted by Crippen LogP contribution is -2.23. The van der Waals surface area contributed by atoms with Gasteiger partial charge in [-0.3, -0.25) is 4.98 Å². The number of pyridine rings is 1. The summed E-state index contributed by atoms with van der Waals surface area (Å²) in [4.78, 5) is 18.2. The highest BCUT2D eigenvalue weighted by Gasteiger charge is 2.21. The molecule has 6 heteroatoms. The van der Waals surface area contributed by atoms with Crippen LogP contribution in [-0.2, 0) is 0 Å². The summed E-state index contributed by atoms with van der Waals surface area (Å²) in [6.07, 6.45) is 1.75. The molecule has 27 heavy (non-hydrogen) atoms. The van der Waals surface area contributed by atoms with Crippen LogP contribution in [0.5, 0.6) is 0 Å². The third-order valence-electron chi connectivity index (χ3n) is 4.46. The molecule has 4 rings (SSSR count). The molecule has 0 radical (unpaired) electrons. The van der Waals surface area contributed by atoms with Crippen LogP contribution in [-0.4, -0.2) is 40.3 Å². The van der Waals surface area contributed by atoms with Gasteiger partial charge in [0, 0.05) is 30.2 Å². The highest BCUT2D eigenvalue weighted by Crippen LogP contribution is 2.42. The Balaban J connectivity index is 2.01. The first kappa shape index (κ1) is 17.6. The molecule has 0 atom stereocenters. The molecule has 0 fully saturated rings. The van der Waals surface area contributed by atoms with E-state index < -0.39 is 0 Å². The van der Waals surface area contributed by atoms with Crippen LogP contribution in [0.25, 0.3) is 32.9 Å². The van der Waals surface area contributed by atoms with Crippen molar-refractivity contribution in [2.45, 2.75) is 6.92 Å². The van der Waals surface area contributed by atoms with Crippen molar-refractivity contribution >= 4 is 27.4 Å². The first-order valence-corrected chi connectivity index (χ1v) is 9.60. The molecule has 5 nitrogen and oxygen atoms in total. The second-order valence-electron chi connectivity index (χ2n) is 6.31. The fourth-order valence-electron chi connectivity index (χ4n) is 3.19. The van der Waals surface area contributed by atoms with Crippen LogP contribution in [0.15, 0.2) is 54.7 Å². The van der Waals surface area contributed by atoms with E-state index in [9.17, 15) is 5.11 Å². The number of rotatable bonds is 5.